The molecule has 0 atom stereocenters. The van der Waals surface area contributed by atoms with Crippen LogP contribution in [0.3, 0.4) is 0 Å². The lowest BCUT2D eigenvalue weighted by Crippen LogP contribution is -2.20. The summed E-state index contributed by atoms with van der Waals surface area (Å²) in [6.07, 6.45) is -2.31. The van der Waals surface area contributed by atoms with Crippen LogP contribution in [-0.4, -0.2) is 24.8 Å². The van der Waals surface area contributed by atoms with Gasteiger partial charge < -0.3 is 14.8 Å². The van der Waals surface area contributed by atoms with Gasteiger partial charge in [0.25, 0.3) is 5.91 Å². The molecule has 148 valence electrons. The first kappa shape index (κ1) is 21.6. The van der Waals surface area contributed by atoms with Crippen molar-refractivity contribution >= 4 is 46.8 Å². The SMILES string of the molecule is O=C(COC(=O)/C=C/c1ccc(Cl)cc1Cl)Nc1ccc(OC(F)(F)F)cc1. The molecule has 0 aliphatic rings. The van der Waals surface area contributed by atoms with Crippen molar-refractivity contribution in [3.63, 3.8) is 0 Å². The Morgan fingerprint density at radius 3 is 2.36 bits per heavy atom. The lowest BCUT2D eigenvalue weighted by Gasteiger charge is -2.10. The van der Waals surface area contributed by atoms with Gasteiger partial charge >= 0.3 is 12.3 Å². The highest BCUT2D eigenvalue weighted by Crippen LogP contribution is 2.24. The van der Waals surface area contributed by atoms with Crippen LogP contribution in [0.25, 0.3) is 6.08 Å². The van der Waals surface area contributed by atoms with Crippen molar-refractivity contribution in [3.8, 4) is 5.75 Å². The maximum absolute atomic E-state index is 12.1. The Balaban J connectivity index is 1.81. The van der Waals surface area contributed by atoms with E-state index in [1.807, 2.05) is 0 Å². The summed E-state index contributed by atoms with van der Waals surface area (Å²) in [5, 5.41) is 3.15. The number of rotatable bonds is 6. The zero-order valence-electron chi connectivity index (χ0n) is 13.9. The Hall–Kier alpha value is -2.71. The molecule has 0 bridgehead atoms. The molecule has 0 aliphatic carbocycles. The highest BCUT2D eigenvalue weighted by atomic mass is 35.5. The number of ether oxygens (including phenoxy) is 2. The predicted molar refractivity (Wildman–Crippen MR) is 98.2 cm³/mol. The number of hydrogen-bond donors (Lipinski definition) is 1. The van der Waals surface area contributed by atoms with Crippen LogP contribution in [0.1, 0.15) is 5.56 Å². The van der Waals surface area contributed by atoms with Crippen molar-refractivity contribution in [2.24, 2.45) is 0 Å². The molecule has 0 saturated carbocycles. The van der Waals surface area contributed by atoms with E-state index in [4.69, 9.17) is 27.9 Å². The van der Waals surface area contributed by atoms with Crippen LogP contribution >= 0.6 is 23.2 Å². The fraction of sp³-hybridized carbons (Fsp3) is 0.111. The summed E-state index contributed by atoms with van der Waals surface area (Å²) in [5.41, 5.74) is 0.743. The second kappa shape index (κ2) is 9.48. The van der Waals surface area contributed by atoms with E-state index >= 15 is 0 Å². The van der Waals surface area contributed by atoms with Gasteiger partial charge in [-0.1, -0.05) is 29.3 Å². The number of esters is 1. The third kappa shape index (κ3) is 7.50. The molecule has 2 rings (SSSR count). The minimum Gasteiger partial charge on any atom is -0.452 e. The van der Waals surface area contributed by atoms with Crippen molar-refractivity contribution in [2.45, 2.75) is 6.36 Å². The number of nitrogens with one attached hydrogen (secondary N) is 1. The number of alkyl halides is 3. The molecule has 0 saturated heterocycles. The Morgan fingerprint density at radius 2 is 1.75 bits per heavy atom. The summed E-state index contributed by atoms with van der Waals surface area (Å²) in [5.74, 6) is -1.88. The standard InChI is InChI=1S/C18H12Cl2F3NO4/c19-12-3-1-11(15(20)9-12)2-8-17(26)27-10-16(25)24-13-4-6-14(7-5-13)28-18(21,22)23/h1-9H,10H2,(H,24,25)/b8-2+. The van der Waals surface area contributed by atoms with E-state index in [9.17, 15) is 22.8 Å². The Morgan fingerprint density at radius 1 is 1.07 bits per heavy atom. The zero-order valence-corrected chi connectivity index (χ0v) is 15.4. The number of carbonyl (C=O) groups is 2. The van der Waals surface area contributed by atoms with Crippen molar-refractivity contribution in [2.75, 3.05) is 11.9 Å². The van der Waals surface area contributed by atoms with Gasteiger partial charge in [-0.2, -0.15) is 0 Å². The molecule has 0 radical (unpaired) electrons. The van der Waals surface area contributed by atoms with E-state index in [0.717, 1.165) is 18.2 Å². The second-order valence-corrected chi connectivity index (χ2v) is 6.07. The Bertz CT molecular complexity index is 883. The molecule has 0 spiro atoms. The van der Waals surface area contributed by atoms with E-state index in [1.54, 1.807) is 12.1 Å². The van der Waals surface area contributed by atoms with Crippen molar-refractivity contribution in [1.29, 1.82) is 0 Å². The highest BCUT2D eigenvalue weighted by Gasteiger charge is 2.30. The Kier molecular flexibility index (Phi) is 7.31. The molecule has 1 N–H and O–H groups in total. The molecule has 5 nitrogen and oxygen atoms in total. The maximum Gasteiger partial charge on any atom is 0.573 e. The van der Waals surface area contributed by atoms with E-state index in [-0.39, 0.29) is 5.69 Å². The molecule has 0 aliphatic heterocycles. The van der Waals surface area contributed by atoms with Crippen molar-refractivity contribution < 1.29 is 32.2 Å². The number of amides is 1. The third-order valence-electron chi connectivity index (χ3n) is 3.08. The van der Waals surface area contributed by atoms with Crippen LogP contribution in [0, 0.1) is 0 Å². The summed E-state index contributed by atoms with van der Waals surface area (Å²) in [7, 11) is 0. The molecule has 2 aromatic carbocycles. The fourth-order valence-corrected chi connectivity index (χ4v) is 2.39. The minimum absolute atomic E-state index is 0.207. The summed E-state index contributed by atoms with van der Waals surface area (Å²) in [6, 6.07) is 9.20. The summed E-state index contributed by atoms with van der Waals surface area (Å²) in [6.45, 7) is -0.585. The second-order valence-electron chi connectivity index (χ2n) is 5.23. The number of carbonyl (C=O) groups excluding carboxylic acids is 2. The predicted octanol–water partition coefficient (Wildman–Crippen LogP) is 5.09. The van der Waals surface area contributed by atoms with Crippen molar-refractivity contribution in [1.82, 2.24) is 0 Å². The number of anilines is 1. The first-order chi connectivity index (χ1) is 13.1. The van der Waals surface area contributed by atoms with Gasteiger partial charge in [-0.05, 0) is 48.0 Å². The topological polar surface area (TPSA) is 64.6 Å². The molecule has 28 heavy (non-hydrogen) atoms. The van der Waals surface area contributed by atoms with Crippen molar-refractivity contribution in [3.05, 3.63) is 64.1 Å². The monoisotopic (exact) mass is 433 g/mol. The smallest absolute Gasteiger partial charge is 0.452 e. The van der Waals surface area contributed by atoms with Gasteiger partial charge in [0.15, 0.2) is 6.61 Å². The summed E-state index contributed by atoms with van der Waals surface area (Å²) in [4.78, 5) is 23.4. The van der Waals surface area contributed by atoms with E-state index in [0.29, 0.717) is 15.6 Å². The molecule has 10 heteroatoms. The van der Waals surface area contributed by atoms with Gasteiger partial charge in [0.1, 0.15) is 5.75 Å². The van der Waals surface area contributed by atoms with Gasteiger partial charge in [0.05, 0.1) is 0 Å². The third-order valence-corrected chi connectivity index (χ3v) is 3.64. The van der Waals surface area contributed by atoms with Gasteiger partial charge in [0, 0.05) is 21.8 Å². The number of halogens is 5. The van der Waals surface area contributed by atoms with Crippen LogP contribution in [0.5, 0.6) is 5.75 Å². The van der Waals surface area contributed by atoms with E-state index < -0.39 is 30.6 Å². The van der Waals surface area contributed by atoms with Crippen LogP contribution in [0.15, 0.2) is 48.5 Å². The first-order valence-corrected chi connectivity index (χ1v) is 8.33. The van der Waals surface area contributed by atoms with Crippen LogP contribution < -0.4 is 10.1 Å². The van der Waals surface area contributed by atoms with Crippen LogP contribution in [0.2, 0.25) is 10.0 Å². The molecule has 0 unspecified atom stereocenters. The lowest BCUT2D eigenvalue weighted by atomic mass is 10.2. The summed E-state index contributed by atoms with van der Waals surface area (Å²) >= 11 is 11.7. The summed E-state index contributed by atoms with van der Waals surface area (Å²) < 4.78 is 44.7. The number of hydrogen-bond acceptors (Lipinski definition) is 4. The Labute approximate surface area is 167 Å². The normalized spacial score (nSPS) is 11.3. The van der Waals surface area contributed by atoms with E-state index in [1.165, 1.54) is 24.3 Å². The van der Waals surface area contributed by atoms with Gasteiger partial charge in [0.2, 0.25) is 0 Å². The quantitative estimate of drug-likeness (QED) is 0.509. The van der Waals surface area contributed by atoms with Crippen LogP contribution in [-0.2, 0) is 14.3 Å². The highest BCUT2D eigenvalue weighted by molar-refractivity contribution is 6.35. The zero-order chi connectivity index (χ0) is 20.7. The largest absolute Gasteiger partial charge is 0.573 e. The average molecular weight is 434 g/mol. The molecule has 0 aromatic heterocycles. The first-order valence-electron chi connectivity index (χ1n) is 7.58. The van der Waals surface area contributed by atoms with Crippen LogP contribution in [0.4, 0.5) is 18.9 Å². The lowest BCUT2D eigenvalue weighted by molar-refractivity contribution is -0.274. The molecule has 0 fully saturated rings. The van der Waals surface area contributed by atoms with E-state index in [2.05, 4.69) is 10.1 Å². The molecule has 0 heterocycles. The minimum atomic E-state index is -4.80. The average Bonchev–Trinajstić information content (AvgIpc) is 2.59. The molecular formula is C18H12Cl2F3NO4. The van der Waals surface area contributed by atoms with Gasteiger partial charge in [-0.25, -0.2) is 4.79 Å². The maximum atomic E-state index is 12.1. The molecular weight excluding hydrogens is 422 g/mol. The molecule has 1 amide bonds. The fourth-order valence-electron chi connectivity index (χ4n) is 1.92. The van der Waals surface area contributed by atoms with Gasteiger partial charge in [-0.3, -0.25) is 4.79 Å². The number of benzene rings is 2. The van der Waals surface area contributed by atoms with Gasteiger partial charge in [-0.15, -0.1) is 13.2 Å². The molecule has 2 aromatic rings.